The van der Waals surface area contributed by atoms with Crippen LogP contribution in [0, 0.1) is 5.82 Å². The molecule has 162 valence electrons. The average Bonchev–Trinajstić information content (AvgIpc) is 2.75. The number of guanidine groups is 1. The molecule has 1 fully saturated rings. The molecule has 0 aromatic heterocycles. The monoisotopic (exact) mass is 524 g/mol. The van der Waals surface area contributed by atoms with Crippen molar-refractivity contribution in [3.8, 4) is 0 Å². The van der Waals surface area contributed by atoms with Crippen LogP contribution in [-0.2, 0) is 13.1 Å². The van der Waals surface area contributed by atoms with Crippen LogP contribution in [0.5, 0.6) is 0 Å². The van der Waals surface area contributed by atoms with Crippen molar-refractivity contribution >= 4 is 35.8 Å². The molecule has 0 spiro atoms. The number of nitrogens with zero attached hydrogens (tertiary/aromatic N) is 3. The molecule has 1 heterocycles. The number of carbonyl (C=O) groups is 1. The van der Waals surface area contributed by atoms with E-state index in [-0.39, 0.29) is 35.7 Å². The predicted octanol–water partition coefficient (Wildman–Crippen LogP) is 4.28. The van der Waals surface area contributed by atoms with Crippen molar-refractivity contribution in [1.82, 2.24) is 15.1 Å². The Labute approximate surface area is 195 Å². The van der Waals surface area contributed by atoms with Crippen LogP contribution in [-0.4, -0.2) is 48.9 Å². The van der Waals surface area contributed by atoms with Crippen molar-refractivity contribution in [3.05, 3.63) is 71.0 Å². The first-order valence-electron chi connectivity index (χ1n) is 10.1. The van der Waals surface area contributed by atoms with E-state index in [9.17, 15) is 9.18 Å². The molecule has 0 atom stereocenters. The van der Waals surface area contributed by atoms with E-state index in [1.165, 1.54) is 18.6 Å². The molecule has 1 amide bonds. The van der Waals surface area contributed by atoms with Gasteiger partial charge in [0.05, 0.1) is 0 Å². The van der Waals surface area contributed by atoms with Gasteiger partial charge in [-0.05, 0) is 54.7 Å². The number of likely N-dealkylation sites (tertiary alicyclic amines) is 1. The molecule has 3 rings (SSSR count). The van der Waals surface area contributed by atoms with Crippen LogP contribution in [0.4, 0.5) is 4.39 Å². The van der Waals surface area contributed by atoms with Crippen LogP contribution in [0.2, 0.25) is 0 Å². The van der Waals surface area contributed by atoms with E-state index < -0.39 is 0 Å². The van der Waals surface area contributed by atoms with E-state index in [0.29, 0.717) is 13.1 Å². The summed E-state index contributed by atoms with van der Waals surface area (Å²) in [5.41, 5.74) is 2.69. The first-order chi connectivity index (χ1) is 14.1. The summed E-state index contributed by atoms with van der Waals surface area (Å²) < 4.78 is 13.4. The molecule has 1 aliphatic heterocycles. The lowest BCUT2D eigenvalue weighted by molar-refractivity contribution is 0.0724. The summed E-state index contributed by atoms with van der Waals surface area (Å²) in [4.78, 5) is 20.8. The Morgan fingerprint density at radius 1 is 1.10 bits per heavy atom. The highest BCUT2D eigenvalue weighted by atomic mass is 127. The van der Waals surface area contributed by atoms with Crippen LogP contribution in [0.25, 0.3) is 0 Å². The van der Waals surface area contributed by atoms with Crippen molar-refractivity contribution < 1.29 is 9.18 Å². The van der Waals surface area contributed by atoms with Crippen LogP contribution in [0.1, 0.15) is 40.7 Å². The Kier molecular flexibility index (Phi) is 9.55. The minimum atomic E-state index is -0.238. The van der Waals surface area contributed by atoms with Gasteiger partial charge in [-0.25, -0.2) is 4.39 Å². The molecule has 5 nitrogen and oxygen atoms in total. The zero-order chi connectivity index (χ0) is 20.6. The van der Waals surface area contributed by atoms with E-state index in [1.54, 1.807) is 13.1 Å². The Morgan fingerprint density at radius 2 is 1.80 bits per heavy atom. The molecule has 0 saturated carbocycles. The maximum atomic E-state index is 13.4. The smallest absolute Gasteiger partial charge is 0.253 e. The van der Waals surface area contributed by atoms with Gasteiger partial charge in [0, 0.05) is 45.8 Å². The molecule has 2 aromatic rings. The average molecular weight is 524 g/mol. The van der Waals surface area contributed by atoms with Gasteiger partial charge in [0.1, 0.15) is 5.82 Å². The highest BCUT2D eigenvalue weighted by Gasteiger charge is 2.17. The summed E-state index contributed by atoms with van der Waals surface area (Å²) >= 11 is 0. The maximum Gasteiger partial charge on any atom is 0.253 e. The molecule has 7 heteroatoms. The molecule has 0 bridgehead atoms. The first-order valence-corrected chi connectivity index (χ1v) is 10.1. The van der Waals surface area contributed by atoms with Gasteiger partial charge in [0.25, 0.3) is 5.91 Å². The number of amides is 1. The lowest BCUT2D eigenvalue weighted by Crippen LogP contribution is -2.38. The number of piperidine rings is 1. The quantitative estimate of drug-likeness (QED) is 0.361. The van der Waals surface area contributed by atoms with Gasteiger partial charge in [-0.1, -0.05) is 24.3 Å². The largest absolute Gasteiger partial charge is 0.352 e. The highest BCUT2D eigenvalue weighted by Crippen LogP contribution is 2.14. The molecule has 0 unspecified atom stereocenters. The minimum Gasteiger partial charge on any atom is -0.352 e. The second-order valence-corrected chi connectivity index (χ2v) is 7.44. The zero-order valence-electron chi connectivity index (χ0n) is 17.6. The summed E-state index contributed by atoms with van der Waals surface area (Å²) in [6.45, 7) is 2.87. The first kappa shape index (κ1) is 24.1. The topological polar surface area (TPSA) is 47.9 Å². The number of halogens is 2. The molecule has 0 radical (unpaired) electrons. The van der Waals surface area contributed by atoms with Gasteiger partial charge in [-0.3, -0.25) is 9.79 Å². The van der Waals surface area contributed by atoms with E-state index in [0.717, 1.165) is 48.6 Å². The van der Waals surface area contributed by atoms with Gasteiger partial charge in [-0.2, -0.15) is 0 Å². The molecule has 2 aromatic carbocycles. The summed E-state index contributed by atoms with van der Waals surface area (Å²) in [6.07, 6.45) is 3.40. The number of hydrogen-bond acceptors (Lipinski definition) is 2. The fourth-order valence-electron chi connectivity index (χ4n) is 3.59. The number of aliphatic imine (C=N–C) groups is 1. The van der Waals surface area contributed by atoms with Crippen molar-refractivity contribution in [2.24, 2.45) is 4.99 Å². The lowest BCUT2D eigenvalue weighted by atomic mass is 10.1. The number of benzene rings is 2. The Morgan fingerprint density at radius 3 is 2.43 bits per heavy atom. The second-order valence-electron chi connectivity index (χ2n) is 7.44. The standard InChI is InChI=1S/C23H29FN4O.HI/c1-25-23(27(2)17-19-7-6-8-21(24)15-19)26-16-18-9-11-20(12-10-18)22(29)28-13-4-3-5-14-28;/h6-12,15H,3-5,13-14,16-17H2,1-2H3,(H,25,26);1H. The van der Waals surface area contributed by atoms with Gasteiger partial charge in [-0.15, -0.1) is 24.0 Å². The van der Waals surface area contributed by atoms with Crippen molar-refractivity contribution in [3.63, 3.8) is 0 Å². The summed E-state index contributed by atoms with van der Waals surface area (Å²) in [7, 11) is 3.64. The van der Waals surface area contributed by atoms with E-state index in [2.05, 4.69) is 10.3 Å². The Bertz CT molecular complexity index is 851. The van der Waals surface area contributed by atoms with E-state index >= 15 is 0 Å². The Hall–Kier alpha value is -2.16. The van der Waals surface area contributed by atoms with Gasteiger partial charge in [0.15, 0.2) is 5.96 Å². The molecular weight excluding hydrogens is 494 g/mol. The predicted molar refractivity (Wildman–Crippen MR) is 130 cm³/mol. The van der Waals surface area contributed by atoms with Crippen molar-refractivity contribution in [2.45, 2.75) is 32.4 Å². The number of hydrogen-bond donors (Lipinski definition) is 1. The third-order valence-corrected chi connectivity index (χ3v) is 5.18. The number of rotatable bonds is 5. The molecule has 30 heavy (non-hydrogen) atoms. The molecule has 1 saturated heterocycles. The highest BCUT2D eigenvalue weighted by molar-refractivity contribution is 14.0. The third-order valence-electron chi connectivity index (χ3n) is 5.18. The second kappa shape index (κ2) is 11.9. The third kappa shape index (κ3) is 6.68. The number of carbonyl (C=O) groups excluding carboxylic acids is 1. The maximum absolute atomic E-state index is 13.4. The SMILES string of the molecule is CN=C(NCc1ccc(C(=O)N2CCCCC2)cc1)N(C)Cc1cccc(F)c1.I. The fraction of sp³-hybridized carbons (Fsp3) is 0.391. The van der Waals surface area contributed by atoms with Crippen LogP contribution in [0.15, 0.2) is 53.5 Å². The molecular formula is C23H30FIN4O. The normalized spacial score (nSPS) is 14.1. The van der Waals surface area contributed by atoms with Gasteiger partial charge in [0.2, 0.25) is 0 Å². The fourth-order valence-corrected chi connectivity index (χ4v) is 3.59. The lowest BCUT2D eigenvalue weighted by Gasteiger charge is -2.26. The number of nitrogens with one attached hydrogen (secondary N) is 1. The molecule has 0 aliphatic carbocycles. The summed E-state index contributed by atoms with van der Waals surface area (Å²) in [5, 5.41) is 3.32. The molecule has 1 N–H and O–H groups in total. The summed E-state index contributed by atoms with van der Waals surface area (Å²) in [6, 6.07) is 14.3. The molecule has 1 aliphatic rings. The van der Waals surface area contributed by atoms with Crippen molar-refractivity contribution in [2.75, 3.05) is 27.2 Å². The van der Waals surface area contributed by atoms with E-state index in [1.807, 2.05) is 47.2 Å². The van der Waals surface area contributed by atoms with Crippen LogP contribution in [0.3, 0.4) is 0 Å². The zero-order valence-corrected chi connectivity index (χ0v) is 19.9. The van der Waals surface area contributed by atoms with Gasteiger partial charge >= 0.3 is 0 Å². The van der Waals surface area contributed by atoms with Crippen LogP contribution < -0.4 is 5.32 Å². The Balaban J connectivity index is 0.00000320. The van der Waals surface area contributed by atoms with Crippen molar-refractivity contribution in [1.29, 1.82) is 0 Å². The van der Waals surface area contributed by atoms with E-state index in [4.69, 9.17) is 0 Å². The van der Waals surface area contributed by atoms with Crippen LogP contribution >= 0.6 is 24.0 Å². The summed E-state index contributed by atoms with van der Waals surface area (Å²) in [5.74, 6) is 0.607. The van der Waals surface area contributed by atoms with Gasteiger partial charge < -0.3 is 15.1 Å². The minimum absolute atomic E-state index is 0.